The molecule has 4 aromatic heterocycles. The van der Waals surface area contributed by atoms with Crippen molar-refractivity contribution in [1.29, 1.82) is 0 Å². The number of amides is 1. The minimum absolute atomic E-state index is 0.0200. The smallest absolute Gasteiger partial charge is 0.291 e. The Balaban J connectivity index is 1.46. The lowest BCUT2D eigenvalue weighted by Gasteiger charge is -2.10. The van der Waals surface area contributed by atoms with Crippen molar-refractivity contribution in [3.8, 4) is 0 Å². The number of nitrogens with zero attached hydrogens (tertiary/aromatic N) is 3. The second-order valence-corrected chi connectivity index (χ2v) is 7.33. The maximum absolute atomic E-state index is 12.8. The lowest BCUT2D eigenvalue weighted by molar-refractivity contribution is -0.121. The number of hydrogen-bond acceptors (Lipinski definition) is 5. The second-order valence-electron chi connectivity index (χ2n) is 6.29. The zero-order chi connectivity index (χ0) is 18.8. The van der Waals surface area contributed by atoms with E-state index < -0.39 is 0 Å². The Kier molecular flexibility index (Phi) is 4.81. The molecule has 4 aromatic rings. The summed E-state index contributed by atoms with van der Waals surface area (Å²) in [4.78, 5) is 25.9. The van der Waals surface area contributed by atoms with Crippen LogP contribution in [0.25, 0.3) is 16.6 Å². The lowest BCUT2D eigenvalue weighted by atomic mass is 10.3. The molecule has 0 saturated heterocycles. The van der Waals surface area contributed by atoms with Crippen LogP contribution in [0.15, 0.2) is 45.1 Å². The molecule has 0 bridgehead atoms. The van der Waals surface area contributed by atoms with E-state index >= 15 is 0 Å². The van der Waals surface area contributed by atoms with E-state index in [-0.39, 0.29) is 11.5 Å². The van der Waals surface area contributed by atoms with Crippen LogP contribution >= 0.6 is 11.3 Å². The highest BCUT2D eigenvalue weighted by Crippen LogP contribution is 2.20. The van der Waals surface area contributed by atoms with Crippen molar-refractivity contribution in [2.45, 2.75) is 39.3 Å². The van der Waals surface area contributed by atoms with Gasteiger partial charge in [-0.25, -0.2) is 4.68 Å². The molecule has 0 fully saturated rings. The molecular weight excluding hydrogens is 364 g/mol. The van der Waals surface area contributed by atoms with E-state index in [9.17, 15) is 9.59 Å². The van der Waals surface area contributed by atoms with Crippen molar-refractivity contribution in [3.05, 3.63) is 57.0 Å². The fourth-order valence-electron chi connectivity index (χ4n) is 3.18. The van der Waals surface area contributed by atoms with Crippen LogP contribution in [0.4, 0.5) is 0 Å². The number of furan rings is 1. The fraction of sp³-hybridized carbons (Fsp3) is 0.316. The standard InChI is InChI=1S/C19H20N4O3S/c1-2-17-21-22(8-3-6-18(24)20-12-13-5-4-10-27-13)19(25)15-11-16-14(23(15)17)7-9-26-16/h4-5,7,9-11H,2-3,6,8,12H2,1H3,(H,20,24). The first kappa shape index (κ1) is 17.5. The van der Waals surface area contributed by atoms with Crippen LogP contribution in [-0.2, 0) is 24.3 Å². The van der Waals surface area contributed by atoms with Gasteiger partial charge in [0.2, 0.25) is 5.91 Å². The summed E-state index contributed by atoms with van der Waals surface area (Å²) in [6, 6.07) is 7.54. The largest absolute Gasteiger partial charge is 0.463 e. The summed E-state index contributed by atoms with van der Waals surface area (Å²) in [5.74, 6) is 0.775. The van der Waals surface area contributed by atoms with E-state index in [2.05, 4.69) is 10.4 Å². The number of aryl methyl sites for hydroxylation is 2. The van der Waals surface area contributed by atoms with Crippen molar-refractivity contribution in [3.63, 3.8) is 0 Å². The number of hydrogen-bond donors (Lipinski definition) is 1. The van der Waals surface area contributed by atoms with Crippen LogP contribution in [0.1, 0.15) is 30.5 Å². The zero-order valence-electron chi connectivity index (χ0n) is 15.0. The van der Waals surface area contributed by atoms with E-state index in [0.717, 1.165) is 16.2 Å². The Morgan fingerprint density at radius 1 is 1.33 bits per heavy atom. The number of aromatic nitrogens is 3. The van der Waals surface area contributed by atoms with E-state index in [4.69, 9.17) is 4.42 Å². The maximum Gasteiger partial charge on any atom is 0.291 e. The number of rotatable bonds is 7. The maximum atomic E-state index is 12.8. The van der Waals surface area contributed by atoms with Crippen molar-refractivity contribution >= 4 is 33.9 Å². The average Bonchev–Trinajstić information content (AvgIpc) is 3.39. The monoisotopic (exact) mass is 384 g/mol. The zero-order valence-corrected chi connectivity index (χ0v) is 15.8. The van der Waals surface area contributed by atoms with E-state index in [0.29, 0.717) is 43.5 Å². The summed E-state index contributed by atoms with van der Waals surface area (Å²) in [6.45, 7) is 2.95. The quantitative estimate of drug-likeness (QED) is 0.531. The van der Waals surface area contributed by atoms with Gasteiger partial charge in [-0.1, -0.05) is 13.0 Å². The summed E-state index contributed by atoms with van der Waals surface area (Å²) in [5, 5.41) is 9.38. The molecule has 0 spiro atoms. The number of fused-ring (bicyclic) bond motifs is 3. The molecule has 0 aliphatic rings. The van der Waals surface area contributed by atoms with E-state index in [1.165, 1.54) is 4.68 Å². The van der Waals surface area contributed by atoms with Crippen LogP contribution < -0.4 is 10.9 Å². The summed E-state index contributed by atoms with van der Waals surface area (Å²) < 4.78 is 8.73. The molecule has 4 heterocycles. The fourth-order valence-corrected chi connectivity index (χ4v) is 3.82. The number of carbonyl (C=O) groups is 1. The van der Waals surface area contributed by atoms with Gasteiger partial charge in [0.25, 0.3) is 5.56 Å². The normalized spacial score (nSPS) is 11.4. The molecule has 1 amide bonds. The highest BCUT2D eigenvalue weighted by Gasteiger charge is 2.15. The molecule has 0 unspecified atom stereocenters. The third-order valence-corrected chi connectivity index (χ3v) is 5.38. The minimum atomic E-state index is -0.169. The van der Waals surface area contributed by atoms with E-state index in [1.807, 2.05) is 34.9 Å². The first-order valence-electron chi connectivity index (χ1n) is 8.95. The van der Waals surface area contributed by atoms with Gasteiger partial charge in [-0.3, -0.25) is 14.0 Å². The summed E-state index contributed by atoms with van der Waals surface area (Å²) >= 11 is 1.61. The van der Waals surface area contributed by atoms with Crippen molar-refractivity contribution < 1.29 is 9.21 Å². The van der Waals surface area contributed by atoms with Crippen LogP contribution in [0.3, 0.4) is 0 Å². The first-order chi connectivity index (χ1) is 13.2. The average molecular weight is 384 g/mol. The highest BCUT2D eigenvalue weighted by molar-refractivity contribution is 7.09. The highest BCUT2D eigenvalue weighted by atomic mass is 32.1. The molecule has 0 aromatic carbocycles. The third-order valence-electron chi connectivity index (χ3n) is 4.50. The molecule has 1 N–H and O–H groups in total. The summed E-state index contributed by atoms with van der Waals surface area (Å²) in [7, 11) is 0. The van der Waals surface area contributed by atoms with Crippen molar-refractivity contribution in [1.82, 2.24) is 19.5 Å². The van der Waals surface area contributed by atoms with Gasteiger partial charge in [-0.2, -0.15) is 5.10 Å². The Morgan fingerprint density at radius 3 is 3.00 bits per heavy atom. The second kappa shape index (κ2) is 7.40. The molecule has 140 valence electrons. The molecule has 27 heavy (non-hydrogen) atoms. The predicted molar refractivity (Wildman–Crippen MR) is 104 cm³/mol. The van der Waals surface area contributed by atoms with E-state index in [1.54, 1.807) is 23.7 Å². The van der Waals surface area contributed by atoms with Gasteiger partial charge < -0.3 is 9.73 Å². The summed E-state index contributed by atoms with van der Waals surface area (Å²) in [5.41, 5.74) is 1.91. The Morgan fingerprint density at radius 2 is 2.22 bits per heavy atom. The topological polar surface area (TPSA) is 81.5 Å². The third kappa shape index (κ3) is 3.40. The van der Waals surface area contributed by atoms with Gasteiger partial charge >= 0.3 is 0 Å². The van der Waals surface area contributed by atoms with Crippen LogP contribution in [-0.4, -0.2) is 20.1 Å². The van der Waals surface area contributed by atoms with Crippen LogP contribution in [0, 0.1) is 0 Å². The molecule has 0 aliphatic carbocycles. The lowest BCUT2D eigenvalue weighted by Crippen LogP contribution is -2.28. The summed E-state index contributed by atoms with van der Waals surface area (Å²) in [6.07, 6.45) is 3.21. The van der Waals surface area contributed by atoms with Gasteiger partial charge in [0, 0.05) is 36.4 Å². The molecule has 7 nitrogen and oxygen atoms in total. The number of nitrogens with one attached hydrogen (secondary N) is 1. The molecule has 0 atom stereocenters. The number of carbonyl (C=O) groups excluding carboxylic acids is 1. The van der Waals surface area contributed by atoms with Gasteiger partial charge in [-0.05, 0) is 17.9 Å². The Bertz CT molecular complexity index is 1140. The molecule has 0 aliphatic heterocycles. The van der Waals surface area contributed by atoms with Gasteiger partial charge in [-0.15, -0.1) is 11.3 Å². The van der Waals surface area contributed by atoms with Crippen LogP contribution in [0.2, 0.25) is 0 Å². The Labute approximate surface area is 159 Å². The van der Waals surface area contributed by atoms with Crippen molar-refractivity contribution in [2.75, 3.05) is 0 Å². The van der Waals surface area contributed by atoms with Gasteiger partial charge in [0.1, 0.15) is 11.3 Å². The number of thiophene rings is 1. The molecular formula is C19H20N4O3S. The van der Waals surface area contributed by atoms with Gasteiger partial charge in [0.05, 0.1) is 18.3 Å². The first-order valence-corrected chi connectivity index (χ1v) is 9.83. The predicted octanol–water partition coefficient (Wildman–Crippen LogP) is 2.96. The Hall–Kier alpha value is -2.87. The molecule has 8 heteroatoms. The molecule has 0 radical (unpaired) electrons. The van der Waals surface area contributed by atoms with Crippen LogP contribution in [0.5, 0.6) is 0 Å². The SMILES string of the molecule is CCc1nn(CCCC(=O)NCc2cccs2)c(=O)c2cc3occc3n12. The van der Waals surface area contributed by atoms with Crippen molar-refractivity contribution in [2.24, 2.45) is 0 Å². The molecule has 4 rings (SSSR count). The molecule has 0 saturated carbocycles. The minimum Gasteiger partial charge on any atom is -0.463 e. The van der Waals surface area contributed by atoms with Gasteiger partial charge in [0.15, 0.2) is 5.58 Å².